The van der Waals surface area contributed by atoms with Crippen LogP contribution in [-0.2, 0) is 9.47 Å². The van der Waals surface area contributed by atoms with Gasteiger partial charge in [-0.15, -0.1) is 0 Å². The zero-order chi connectivity index (χ0) is 21.2. The van der Waals surface area contributed by atoms with Gasteiger partial charge in [-0.3, -0.25) is 4.98 Å². The van der Waals surface area contributed by atoms with Crippen molar-refractivity contribution in [2.24, 2.45) is 0 Å². The first-order valence-electron chi connectivity index (χ1n) is 9.90. The molecule has 1 aliphatic heterocycles. The minimum atomic E-state index is -0.518. The first kappa shape index (κ1) is 20.9. The van der Waals surface area contributed by atoms with Crippen molar-refractivity contribution in [1.29, 1.82) is 0 Å². The number of amides is 1. The zero-order valence-corrected chi connectivity index (χ0v) is 17.8. The molecule has 1 saturated heterocycles. The second-order valence-electron chi connectivity index (χ2n) is 8.16. The van der Waals surface area contributed by atoms with E-state index in [1.54, 1.807) is 17.3 Å². The monoisotopic (exact) mass is 399 g/mol. The van der Waals surface area contributed by atoms with E-state index in [9.17, 15) is 4.79 Å². The van der Waals surface area contributed by atoms with Gasteiger partial charge in [0.1, 0.15) is 17.5 Å². The summed E-state index contributed by atoms with van der Waals surface area (Å²) < 4.78 is 17.2. The summed E-state index contributed by atoms with van der Waals surface area (Å²) in [5, 5.41) is 1.73. The summed E-state index contributed by atoms with van der Waals surface area (Å²) in [6, 6.07) is 1.98. The fourth-order valence-corrected chi connectivity index (χ4v) is 3.26. The smallest absolute Gasteiger partial charge is 0.410 e. The SMILES string of the molecule is C=C(OCC)c1cnc(OC2CCN(C(=O)OC(C)(C)C)C2)c2cnc(C)cc12. The lowest BCUT2D eigenvalue weighted by molar-refractivity contribution is 0.0275. The predicted molar refractivity (Wildman–Crippen MR) is 112 cm³/mol. The van der Waals surface area contributed by atoms with E-state index in [1.807, 2.05) is 40.7 Å². The molecule has 7 heteroatoms. The van der Waals surface area contributed by atoms with Crippen LogP contribution < -0.4 is 4.74 Å². The third-order valence-corrected chi connectivity index (χ3v) is 4.57. The summed E-state index contributed by atoms with van der Waals surface area (Å²) >= 11 is 0. The molecule has 0 saturated carbocycles. The molecule has 1 aliphatic rings. The van der Waals surface area contributed by atoms with Gasteiger partial charge in [-0.2, -0.15) is 0 Å². The van der Waals surface area contributed by atoms with Crippen LogP contribution >= 0.6 is 0 Å². The largest absolute Gasteiger partial charge is 0.494 e. The fraction of sp³-hybridized carbons (Fsp3) is 0.500. The topological polar surface area (TPSA) is 73.8 Å². The molecule has 0 bridgehead atoms. The highest BCUT2D eigenvalue weighted by atomic mass is 16.6. The molecule has 3 rings (SSSR count). The average molecular weight is 399 g/mol. The van der Waals surface area contributed by atoms with Crippen molar-refractivity contribution >= 4 is 22.6 Å². The second-order valence-corrected chi connectivity index (χ2v) is 8.16. The van der Waals surface area contributed by atoms with Crippen LogP contribution in [0.25, 0.3) is 16.5 Å². The van der Waals surface area contributed by atoms with Crippen LogP contribution in [0.1, 0.15) is 45.4 Å². The van der Waals surface area contributed by atoms with Crippen LogP contribution in [0.2, 0.25) is 0 Å². The van der Waals surface area contributed by atoms with Gasteiger partial charge >= 0.3 is 6.09 Å². The summed E-state index contributed by atoms with van der Waals surface area (Å²) in [5.41, 5.74) is 1.19. The summed E-state index contributed by atoms with van der Waals surface area (Å²) in [6.45, 7) is 15.0. The van der Waals surface area contributed by atoms with Gasteiger partial charge in [0.05, 0.1) is 18.5 Å². The van der Waals surface area contributed by atoms with E-state index in [4.69, 9.17) is 14.2 Å². The van der Waals surface area contributed by atoms with Crippen molar-refractivity contribution in [3.63, 3.8) is 0 Å². The van der Waals surface area contributed by atoms with Crippen molar-refractivity contribution in [2.75, 3.05) is 19.7 Å². The summed E-state index contributed by atoms with van der Waals surface area (Å²) in [4.78, 5) is 22.9. The van der Waals surface area contributed by atoms with E-state index in [1.165, 1.54) is 0 Å². The summed E-state index contributed by atoms with van der Waals surface area (Å²) in [7, 11) is 0. The summed E-state index contributed by atoms with van der Waals surface area (Å²) in [6.07, 6.45) is 3.73. The van der Waals surface area contributed by atoms with Crippen LogP contribution in [0.5, 0.6) is 5.88 Å². The number of hydrogen-bond acceptors (Lipinski definition) is 6. The Morgan fingerprint density at radius 2 is 2.03 bits per heavy atom. The maximum atomic E-state index is 12.3. The van der Waals surface area contributed by atoms with E-state index in [-0.39, 0.29) is 12.2 Å². The van der Waals surface area contributed by atoms with Crippen LogP contribution in [0.4, 0.5) is 4.79 Å². The Hall–Kier alpha value is -2.83. The number of hydrogen-bond donors (Lipinski definition) is 0. The first-order valence-corrected chi connectivity index (χ1v) is 9.90. The Kier molecular flexibility index (Phi) is 5.96. The fourth-order valence-electron chi connectivity index (χ4n) is 3.26. The van der Waals surface area contributed by atoms with Crippen LogP contribution in [0.3, 0.4) is 0 Å². The Bertz CT molecular complexity index is 920. The number of pyridine rings is 2. The molecule has 1 fully saturated rings. The highest BCUT2D eigenvalue weighted by molar-refractivity contribution is 5.94. The van der Waals surface area contributed by atoms with Gasteiger partial charge < -0.3 is 19.1 Å². The number of aryl methyl sites for hydroxylation is 1. The number of carbonyl (C=O) groups excluding carboxylic acids is 1. The molecule has 1 atom stereocenters. The number of rotatable bonds is 5. The normalized spacial score (nSPS) is 16.7. The molecule has 1 unspecified atom stereocenters. The van der Waals surface area contributed by atoms with Gasteiger partial charge in [0, 0.05) is 42.0 Å². The third kappa shape index (κ3) is 4.96. The van der Waals surface area contributed by atoms with Gasteiger partial charge in [0.25, 0.3) is 0 Å². The highest BCUT2D eigenvalue weighted by Crippen LogP contribution is 2.31. The zero-order valence-electron chi connectivity index (χ0n) is 17.8. The Morgan fingerprint density at radius 3 is 2.72 bits per heavy atom. The van der Waals surface area contributed by atoms with E-state index in [2.05, 4.69) is 16.5 Å². The first-order chi connectivity index (χ1) is 13.7. The van der Waals surface area contributed by atoms with Crippen LogP contribution in [-0.4, -0.2) is 52.4 Å². The van der Waals surface area contributed by atoms with E-state index >= 15 is 0 Å². The number of nitrogens with zero attached hydrogens (tertiary/aromatic N) is 3. The van der Waals surface area contributed by atoms with Gasteiger partial charge in [0.15, 0.2) is 0 Å². The standard InChI is InChI=1S/C22H29N3O4/c1-7-27-15(3)18-11-24-20(19-12-23-14(2)10-17(18)19)28-16-8-9-25(13-16)21(26)29-22(4,5)6/h10-12,16H,3,7-9,13H2,1-2,4-6H3. The lowest BCUT2D eigenvalue weighted by Crippen LogP contribution is -2.36. The molecule has 0 aromatic carbocycles. The molecular weight excluding hydrogens is 370 g/mol. The van der Waals surface area contributed by atoms with E-state index in [0.29, 0.717) is 31.3 Å². The van der Waals surface area contributed by atoms with Gasteiger partial charge in [-0.05, 0) is 40.7 Å². The third-order valence-electron chi connectivity index (χ3n) is 4.57. The molecule has 0 spiro atoms. The van der Waals surface area contributed by atoms with Crippen molar-refractivity contribution < 1.29 is 19.0 Å². The minimum Gasteiger partial charge on any atom is -0.494 e. The maximum absolute atomic E-state index is 12.3. The second kappa shape index (κ2) is 8.27. The number of likely N-dealkylation sites (tertiary alicyclic amines) is 1. The van der Waals surface area contributed by atoms with Crippen LogP contribution in [0.15, 0.2) is 25.0 Å². The van der Waals surface area contributed by atoms with Gasteiger partial charge in [-0.1, -0.05) is 6.58 Å². The lowest BCUT2D eigenvalue weighted by Gasteiger charge is -2.24. The molecule has 3 heterocycles. The number of carbonyl (C=O) groups is 1. The molecule has 1 amide bonds. The molecule has 7 nitrogen and oxygen atoms in total. The number of ether oxygens (including phenoxy) is 3. The van der Waals surface area contributed by atoms with E-state index in [0.717, 1.165) is 28.5 Å². The Balaban J connectivity index is 1.80. The molecule has 2 aromatic rings. The molecule has 0 N–H and O–H groups in total. The van der Waals surface area contributed by atoms with Crippen molar-refractivity contribution in [2.45, 2.75) is 52.7 Å². The van der Waals surface area contributed by atoms with E-state index < -0.39 is 5.60 Å². The predicted octanol–water partition coefficient (Wildman–Crippen LogP) is 4.33. The van der Waals surface area contributed by atoms with Crippen molar-refractivity contribution in [1.82, 2.24) is 14.9 Å². The van der Waals surface area contributed by atoms with Gasteiger partial charge in [0.2, 0.25) is 5.88 Å². The molecule has 0 aliphatic carbocycles. The molecule has 29 heavy (non-hydrogen) atoms. The average Bonchev–Trinajstić information content (AvgIpc) is 3.09. The molecular formula is C22H29N3O4. The maximum Gasteiger partial charge on any atom is 0.410 e. The molecule has 0 radical (unpaired) electrons. The van der Waals surface area contributed by atoms with Crippen molar-refractivity contribution in [3.05, 3.63) is 36.3 Å². The van der Waals surface area contributed by atoms with Crippen molar-refractivity contribution in [3.8, 4) is 5.88 Å². The number of aromatic nitrogens is 2. The minimum absolute atomic E-state index is 0.152. The van der Waals surface area contributed by atoms with Crippen LogP contribution in [0, 0.1) is 6.92 Å². The Morgan fingerprint density at radius 1 is 1.28 bits per heavy atom. The number of fused-ring (bicyclic) bond motifs is 1. The highest BCUT2D eigenvalue weighted by Gasteiger charge is 2.31. The quantitative estimate of drug-likeness (QED) is 0.697. The van der Waals surface area contributed by atoms with Gasteiger partial charge in [-0.25, -0.2) is 9.78 Å². The molecule has 2 aromatic heterocycles. The lowest BCUT2D eigenvalue weighted by atomic mass is 10.1. The molecule has 156 valence electrons. The Labute approximate surface area is 171 Å². The summed E-state index contributed by atoms with van der Waals surface area (Å²) in [5.74, 6) is 1.07.